The van der Waals surface area contributed by atoms with Crippen LogP contribution in [0.25, 0.3) is 0 Å². The van der Waals surface area contributed by atoms with Gasteiger partial charge in [-0.25, -0.2) is 0 Å². The van der Waals surface area contributed by atoms with Crippen LogP contribution in [0.3, 0.4) is 0 Å². The Kier molecular flexibility index (Phi) is 4.20. The average Bonchev–Trinajstić information content (AvgIpc) is 2.39. The van der Waals surface area contributed by atoms with Crippen LogP contribution in [0.4, 0.5) is 11.4 Å². The van der Waals surface area contributed by atoms with E-state index in [0.29, 0.717) is 6.42 Å². The third-order valence-corrected chi connectivity index (χ3v) is 3.30. The topological polar surface area (TPSA) is 44.4 Å². The van der Waals surface area contributed by atoms with Crippen molar-refractivity contribution < 1.29 is 4.79 Å². The van der Waals surface area contributed by atoms with Gasteiger partial charge in [-0.1, -0.05) is 6.92 Å². The molecule has 1 aromatic carbocycles. The summed E-state index contributed by atoms with van der Waals surface area (Å²) in [6, 6.07) is 6.23. The maximum atomic E-state index is 11.6. The van der Waals surface area contributed by atoms with E-state index in [0.717, 1.165) is 37.4 Å². The van der Waals surface area contributed by atoms with Crippen molar-refractivity contribution in [1.82, 2.24) is 5.32 Å². The van der Waals surface area contributed by atoms with Crippen molar-refractivity contribution in [1.29, 1.82) is 0 Å². The Morgan fingerprint density at radius 3 is 2.89 bits per heavy atom. The molecule has 1 aromatic rings. The predicted molar refractivity (Wildman–Crippen MR) is 75.2 cm³/mol. The van der Waals surface area contributed by atoms with Crippen molar-refractivity contribution in [2.75, 3.05) is 36.9 Å². The van der Waals surface area contributed by atoms with Crippen LogP contribution < -0.4 is 15.5 Å². The summed E-state index contributed by atoms with van der Waals surface area (Å²) in [7, 11) is 1.85. The lowest BCUT2D eigenvalue weighted by Gasteiger charge is -2.26. The van der Waals surface area contributed by atoms with Crippen LogP contribution >= 0.6 is 0 Å². The maximum absolute atomic E-state index is 11.6. The normalized spacial score (nSPS) is 14.6. The number of carbonyl (C=O) groups is 1. The highest BCUT2D eigenvalue weighted by Crippen LogP contribution is 2.28. The van der Waals surface area contributed by atoms with Gasteiger partial charge in [-0.3, -0.25) is 4.79 Å². The molecule has 1 heterocycles. The number of nitrogens with zero attached hydrogens (tertiary/aromatic N) is 1. The van der Waals surface area contributed by atoms with Crippen molar-refractivity contribution in [3.8, 4) is 0 Å². The van der Waals surface area contributed by atoms with E-state index >= 15 is 0 Å². The number of nitrogens with one attached hydrogen (secondary N) is 2. The standard InChI is InChI=1S/C14H21N3O/c1-3-15-8-9-16-12-5-6-13-11(10-12)4-7-14(18)17(13)2/h5-6,10,15-16H,3-4,7-9H2,1-2H3. The number of amides is 1. The quantitative estimate of drug-likeness (QED) is 0.777. The number of anilines is 2. The Hall–Kier alpha value is -1.55. The molecule has 1 amide bonds. The molecule has 0 radical (unpaired) electrons. The molecule has 0 bridgehead atoms. The molecule has 0 saturated carbocycles. The third kappa shape index (κ3) is 2.82. The first kappa shape index (κ1) is 12.9. The van der Waals surface area contributed by atoms with E-state index in [4.69, 9.17) is 0 Å². The Morgan fingerprint density at radius 1 is 1.28 bits per heavy atom. The summed E-state index contributed by atoms with van der Waals surface area (Å²) in [5, 5.41) is 6.67. The average molecular weight is 247 g/mol. The molecule has 1 aliphatic heterocycles. The predicted octanol–water partition coefficient (Wildman–Crippen LogP) is 1.62. The van der Waals surface area contributed by atoms with Crippen LogP contribution in [0.5, 0.6) is 0 Å². The van der Waals surface area contributed by atoms with Gasteiger partial charge in [0, 0.05) is 37.9 Å². The smallest absolute Gasteiger partial charge is 0.227 e. The molecule has 1 aliphatic rings. The first-order valence-corrected chi connectivity index (χ1v) is 6.56. The summed E-state index contributed by atoms with van der Waals surface area (Å²) >= 11 is 0. The number of benzene rings is 1. The first-order chi connectivity index (χ1) is 8.72. The fourth-order valence-corrected chi connectivity index (χ4v) is 2.24. The number of carbonyl (C=O) groups excluding carboxylic acids is 1. The summed E-state index contributed by atoms with van der Waals surface area (Å²) in [4.78, 5) is 13.3. The van der Waals surface area contributed by atoms with Crippen LogP contribution in [-0.2, 0) is 11.2 Å². The van der Waals surface area contributed by atoms with Gasteiger partial charge < -0.3 is 15.5 Å². The minimum absolute atomic E-state index is 0.204. The van der Waals surface area contributed by atoms with Crippen LogP contribution in [0, 0.1) is 0 Å². The second-order valence-electron chi connectivity index (χ2n) is 4.58. The van der Waals surface area contributed by atoms with Crippen molar-refractivity contribution in [2.24, 2.45) is 0 Å². The van der Waals surface area contributed by atoms with Gasteiger partial charge in [-0.15, -0.1) is 0 Å². The molecule has 98 valence electrons. The summed E-state index contributed by atoms with van der Waals surface area (Å²) in [6.45, 7) is 4.98. The molecule has 0 atom stereocenters. The van der Waals surface area contributed by atoms with Gasteiger partial charge in [0.2, 0.25) is 5.91 Å². The fraction of sp³-hybridized carbons (Fsp3) is 0.500. The lowest BCUT2D eigenvalue weighted by Crippen LogP contribution is -2.31. The summed E-state index contributed by atoms with van der Waals surface area (Å²) in [5.74, 6) is 0.204. The van der Waals surface area contributed by atoms with E-state index in [2.05, 4.69) is 23.6 Å². The molecular formula is C14H21N3O. The Bertz CT molecular complexity index is 431. The van der Waals surface area contributed by atoms with E-state index in [1.807, 2.05) is 19.2 Å². The van der Waals surface area contributed by atoms with E-state index in [1.54, 1.807) is 4.90 Å². The van der Waals surface area contributed by atoms with Crippen LogP contribution in [-0.4, -0.2) is 32.6 Å². The minimum Gasteiger partial charge on any atom is -0.384 e. The van der Waals surface area contributed by atoms with E-state index < -0.39 is 0 Å². The first-order valence-electron chi connectivity index (χ1n) is 6.56. The van der Waals surface area contributed by atoms with E-state index in [1.165, 1.54) is 5.56 Å². The van der Waals surface area contributed by atoms with Crippen molar-refractivity contribution >= 4 is 17.3 Å². The SMILES string of the molecule is CCNCCNc1ccc2c(c1)CCC(=O)N2C. The molecular weight excluding hydrogens is 226 g/mol. The fourth-order valence-electron chi connectivity index (χ4n) is 2.24. The van der Waals surface area contributed by atoms with Crippen molar-refractivity contribution in [3.05, 3.63) is 23.8 Å². The molecule has 18 heavy (non-hydrogen) atoms. The number of rotatable bonds is 5. The highest BCUT2D eigenvalue weighted by atomic mass is 16.2. The molecule has 2 rings (SSSR count). The number of hydrogen-bond acceptors (Lipinski definition) is 3. The molecule has 0 unspecified atom stereocenters. The number of fused-ring (bicyclic) bond motifs is 1. The van der Waals surface area contributed by atoms with Crippen LogP contribution in [0.2, 0.25) is 0 Å². The van der Waals surface area contributed by atoms with Gasteiger partial charge in [0.15, 0.2) is 0 Å². The maximum Gasteiger partial charge on any atom is 0.227 e. The van der Waals surface area contributed by atoms with Gasteiger partial charge in [-0.2, -0.15) is 0 Å². The van der Waals surface area contributed by atoms with Crippen LogP contribution in [0.15, 0.2) is 18.2 Å². The van der Waals surface area contributed by atoms with Gasteiger partial charge in [0.25, 0.3) is 0 Å². The molecule has 0 fully saturated rings. The number of hydrogen-bond donors (Lipinski definition) is 2. The van der Waals surface area contributed by atoms with Gasteiger partial charge in [-0.05, 0) is 36.7 Å². The molecule has 0 saturated heterocycles. The molecule has 4 heteroatoms. The molecule has 0 aromatic heterocycles. The molecule has 2 N–H and O–H groups in total. The van der Waals surface area contributed by atoms with E-state index in [9.17, 15) is 4.79 Å². The summed E-state index contributed by atoms with van der Waals surface area (Å²) in [5.41, 5.74) is 3.43. The highest BCUT2D eigenvalue weighted by Gasteiger charge is 2.20. The zero-order valence-electron chi connectivity index (χ0n) is 11.1. The molecule has 0 spiro atoms. The number of aryl methyl sites for hydroxylation is 1. The second kappa shape index (κ2) is 5.87. The highest BCUT2D eigenvalue weighted by molar-refractivity contribution is 5.96. The Balaban J connectivity index is 2.01. The largest absolute Gasteiger partial charge is 0.384 e. The summed E-state index contributed by atoms with van der Waals surface area (Å²) in [6.07, 6.45) is 1.46. The van der Waals surface area contributed by atoms with Gasteiger partial charge in [0.05, 0.1) is 0 Å². The molecule has 4 nitrogen and oxygen atoms in total. The minimum atomic E-state index is 0.204. The van der Waals surface area contributed by atoms with Crippen molar-refractivity contribution in [2.45, 2.75) is 19.8 Å². The van der Waals surface area contributed by atoms with E-state index in [-0.39, 0.29) is 5.91 Å². The zero-order chi connectivity index (χ0) is 13.0. The van der Waals surface area contributed by atoms with Crippen LogP contribution in [0.1, 0.15) is 18.9 Å². The molecule has 0 aliphatic carbocycles. The Labute approximate surface area is 108 Å². The summed E-state index contributed by atoms with van der Waals surface area (Å²) < 4.78 is 0. The van der Waals surface area contributed by atoms with Gasteiger partial charge in [0.1, 0.15) is 0 Å². The Morgan fingerprint density at radius 2 is 2.11 bits per heavy atom. The lowest BCUT2D eigenvalue weighted by atomic mass is 10.0. The third-order valence-electron chi connectivity index (χ3n) is 3.30. The van der Waals surface area contributed by atoms with Crippen molar-refractivity contribution in [3.63, 3.8) is 0 Å². The zero-order valence-corrected chi connectivity index (χ0v) is 11.1. The number of likely N-dealkylation sites (N-methyl/N-ethyl adjacent to an activating group) is 1. The second-order valence-corrected chi connectivity index (χ2v) is 4.58. The monoisotopic (exact) mass is 247 g/mol. The van der Waals surface area contributed by atoms with Gasteiger partial charge >= 0.3 is 0 Å². The lowest BCUT2D eigenvalue weighted by molar-refractivity contribution is -0.118.